The normalized spacial score (nSPS) is 10.6. The highest BCUT2D eigenvalue weighted by Crippen LogP contribution is 2.52. The number of hydrogen-bond acceptors (Lipinski definition) is 2. The van der Waals surface area contributed by atoms with Crippen LogP contribution < -0.4 is 14.2 Å². The van der Waals surface area contributed by atoms with Crippen molar-refractivity contribution < 1.29 is 0 Å². The van der Waals surface area contributed by atoms with Gasteiger partial charge in [0.05, 0.1) is 0 Å². The number of anilines is 2. The molecule has 0 N–H and O–H groups in total. The summed E-state index contributed by atoms with van der Waals surface area (Å²) in [6.07, 6.45) is 0. The van der Waals surface area contributed by atoms with Crippen molar-refractivity contribution in [2.24, 2.45) is 0 Å². The van der Waals surface area contributed by atoms with Gasteiger partial charge in [0.15, 0.2) is 0 Å². The average molecular weight is 356 g/mol. The molecule has 0 heterocycles. The van der Waals surface area contributed by atoms with Gasteiger partial charge in [0.2, 0.25) is 0 Å². The fraction of sp³-hybridized carbons (Fsp3) is 0. The van der Waals surface area contributed by atoms with Gasteiger partial charge in [0.1, 0.15) is 8.22 Å². The molecule has 3 aromatic rings. The summed E-state index contributed by atoms with van der Waals surface area (Å²) < 4.78 is 4.54. The van der Waals surface area contributed by atoms with Gasteiger partial charge in [0, 0.05) is 16.7 Å². The van der Waals surface area contributed by atoms with Crippen LogP contribution in [0.1, 0.15) is 0 Å². The molecular weight excluding hydrogens is 337 g/mol. The lowest BCUT2D eigenvalue weighted by atomic mass is 10.3. The maximum atomic E-state index is 2.89. The third-order valence-corrected chi connectivity index (χ3v) is 7.38. The predicted molar refractivity (Wildman–Crippen MR) is 110 cm³/mol. The van der Waals surface area contributed by atoms with Gasteiger partial charge < -0.3 is 8.88 Å². The van der Waals surface area contributed by atoms with E-state index in [1.165, 1.54) is 16.7 Å². The van der Waals surface area contributed by atoms with Crippen molar-refractivity contribution in [1.29, 1.82) is 0 Å². The molecule has 5 heteroatoms. The largest absolute Gasteiger partial charge is 0.314 e. The molecular formula is C18H19N2P3. The van der Waals surface area contributed by atoms with E-state index in [4.69, 9.17) is 0 Å². The lowest BCUT2D eigenvalue weighted by molar-refractivity contribution is 1.52. The van der Waals surface area contributed by atoms with E-state index >= 15 is 0 Å². The van der Waals surface area contributed by atoms with Crippen LogP contribution in [0.3, 0.4) is 0 Å². The Hall–Kier alpha value is -1.45. The molecule has 0 aromatic heterocycles. The third kappa shape index (κ3) is 3.91. The van der Waals surface area contributed by atoms with E-state index in [9.17, 15) is 0 Å². The zero-order valence-corrected chi connectivity index (χ0v) is 15.9. The zero-order chi connectivity index (χ0) is 16.1. The molecule has 0 saturated carbocycles. The summed E-state index contributed by atoms with van der Waals surface area (Å²) in [5.41, 5.74) is 2.35. The first kappa shape index (κ1) is 16.4. The van der Waals surface area contributed by atoms with Gasteiger partial charge in [-0.3, -0.25) is 0 Å². The molecule has 0 bridgehead atoms. The molecule has 0 aliphatic rings. The molecule has 0 radical (unpaired) electrons. The molecule has 0 aliphatic carbocycles. The van der Waals surface area contributed by atoms with Gasteiger partial charge in [-0.15, -0.1) is 0 Å². The van der Waals surface area contributed by atoms with Crippen LogP contribution >= 0.6 is 27.0 Å². The summed E-state index contributed by atoms with van der Waals surface area (Å²) in [6.45, 7) is 0. The average Bonchev–Trinajstić information content (AvgIpc) is 2.64. The van der Waals surface area contributed by atoms with Crippen LogP contribution in [0.4, 0.5) is 11.4 Å². The highest BCUT2D eigenvalue weighted by molar-refractivity contribution is 7.78. The first-order chi connectivity index (χ1) is 11.3. The van der Waals surface area contributed by atoms with Crippen LogP contribution in [0.15, 0.2) is 91.0 Å². The summed E-state index contributed by atoms with van der Waals surface area (Å²) in [7, 11) is 5.04. The van der Waals surface area contributed by atoms with E-state index in [2.05, 4.69) is 107 Å². The summed E-state index contributed by atoms with van der Waals surface area (Å²) in [4.78, 5) is 0. The Labute approximate surface area is 143 Å². The third-order valence-electron chi connectivity index (χ3n) is 3.44. The Balaban J connectivity index is 2.01. The highest BCUT2D eigenvalue weighted by Gasteiger charge is 2.23. The molecule has 2 nitrogen and oxygen atoms in total. The van der Waals surface area contributed by atoms with Gasteiger partial charge >= 0.3 is 0 Å². The summed E-state index contributed by atoms with van der Waals surface area (Å²) >= 11 is 0. The van der Waals surface area contributed by atoms with Crippen molar-refractivity contribution in [3.05, 3.63) is 91.0 Å². The summed E-state index contributed by atoms with van der Waals surface area (Å²) in [5.74, 6) is 0. The molecule has 3 rings (SSSR count). The standard InChI is InChI=1S/C18H19N2P3/c21-19(16-10-4-1-5-11-16)23(18-14-8-3-9-15-18)20(22)17-12-6-2-7-13-17/h1-15H,21-22H2. The van der Waals surface area contributed by atoms with E-state index in [-0.39, 0.29) is 0 Å². The number of nitrogens with zero attached hydrogens (tertiary/aromatic N) is 2. The van der Waals surface area contributed by atoms with Crippen LogP contribution in [0, 0.1) is 0 Å². The van der Waals surface area contributed by atoms with E-state index in [1.807, 2.05) is 12.1 Å². The Morgan fingerprint density at radius 2 is 0.870 bits per heavy atom. The quantitative estimate of drug-likeness (QED) is 0.579. The second-order valence-electron chi connectivity index (χ2n) is 4.99. The monoisotopic (exact) mass is 356 g/mol. The molecule has 0 fully saturated rings. The second-order valence-corrected chi connectivity index (χ2v) is 8.84. The highest BCUT2D eigenvalue weighted by atomic mass is 31.2. The lowest BCUT2D eigenvalue weighted by Gasteiger charge is -2.37. The fourth-order valence-corrected chi connectivity index (χ4v) is 6.31. The Morgan fingerprint density at radius 1 is 0.522 bits per heavy atom. The molecule has 3 aromatic carbocycles. The number of hydrogen-bond donors (Lipinski definition) is 0. The molecule has 2 atom stereocenters. The first-order valence-corrected chi connectivity index (χ1v) is 9.60. The SMILES string of the molecule is PN(c1ccccc1)P(c1ccccc1)N(P)c1ccccc1. The van der Waals surface area contributed by atoms with E-state index in [0.717, 1.165) is 0 Å². The molecule has 23 heavy (non-hydrogen) atoms. The number of benzene rings is 3. The van der Waals surface area contributed by atoms with Crippen LogP contribution in [-0.2, 0) is 0 Å². The Kier molecular flexibility index (Phi) is 5.63. The zero-order valence-electron chi connectivity index (χ0n) is 12.7. The molecule has 0 saturated heterocycles. The number of rotatable bonds is 5. The van der Waals surface area contributed by atoms with Crippen molar-refractivity contribution in [3.8, 4) is 0 Å². The molecule has 116 valence electrons. The molecule has 0 aliphatic heterocycles. The van der Waals surface area contributed by atoms with Crippen molar-refractivity contribution in [2.45, 2.75) is 0 Å². The van der Waals surface area contributed by atoms with Gasteiger partial charge in [-0.25, -0.2) is 0 Å². The Bertz CT molecular complexity index is 678. The van der Waals surface area contributed by atoms with Crippen molar-refractivity contribution in [3.63, 3.8) is 0 Å². The van der Waals surface area contributed by atoms with Gasteiger partial charge in [0.25, 0.3) is 0 Å². The van der Waals surface area contributed by atoms with Crippen LogP contribution in [0.25, 0.3) is 0 Å². The minimum absolute atomic E-state index is 0.738. The van der Waals surface area contributed by atoms with Crippen LogP contribution in [0.2, 0.25) is 0 Å². The predicted octanol–water partition coefficient (Wildman–Crippen LogP) is 5.22. The maximum absolute atomic E-state index is 2.89. The van der Waals surface area contributed by atoms with Crippen LogP contribution in [-0.4, -0.2) is 0 Å². The van der Waals surface area contributed by atoms with Gasteiger partial charge in [-0.05, 0) is 43.0 Å². The smallest absolute Gasteiger partial charge is 0.135 e. The molecule has 0 amide bonds. The minimum Gasteiger partial charge on any atom is -0.314 e. The molecule has 2 unspecified atom stereocenters. The number of para-hydroxylation sites is 2. The summed E-state index contributed by atoms with van der Waals surface area (Å²) in [6, 6.07) is 31.5. The second kappa shape index (κ2) is 7.89. The van der Waals surface area contributed by atoms with Gasteiger partial charge in [-0.2, -0.15) is 0 Å². The van der Waals surface area contributed by atoms with Crippen molar-refractivity contribution in [2.75, 3.05) is 8.88 Å². The van der Waals surface area contributed by atoms with E-state index in [0.29, 0.717) is 0 Å². The Morgan fingerprint density at radius 3 is 1.26 bits per heavy atom. The fourth-order valence-electron chi connectivity index (χ4n) is 2.29. The van der Waals surface area contributed by atoms with Crippen LogP contribution in [0.5, 0.6) is 0 Å². The van der Waals surface area contributed by atoms with E-state index < -0.39 is 8.22 Å². The molecule has 0 spiro atoms. The maximum Gasteiger partial charge on any atom is 0.135 e. The lowest BCUT2D eigenvalue weighted by Crippen LogP contribution is -2.22. The van der Waals surface area contributed by atoms with Crippen molar-refractivity contribution in [1.82, 2.24) is 0 Å². The van der Waals surface area contributed by atoms with Gasteiger partial charge in [-0.1, -0.05) is 66.7 Å². The van der Waals surface area contributed by atoms with Crippen molar-refractivity contribution >= 4 is 43.7 Å². The van der Waals surface area contributed by atoms with E-state index in [1.54, 1.807) is 0 Å². The topological polar surface area (TPSA) is 6.48 Å². The summed E-state index contributed by atoms with van der Waals surface area (Å²) in [5, 5.41) is 1.29. The minimum atomic E-state index is -0.738. The first-order valence-electron chi connectivity index (χ1n) is 7.32.